The van der Waals surface area contributed by atoms with Gasteiger partial charge in [0.2, 0.25) is 5.91 Å². The molecule has 3 fully saturated rings. The Balaban J connectivity index is 1.62. The molecule has 3 aliphatic heterocycles. The second kappa shape index (κ2) is 6.32. The van der Waals surface area contributed by atoms with Gasteiger partial charge in [0, 0.05) is 50.8 Å². The lowest BCUT2D eigenvalue weighted by molar-refractivity contribution is -0.114. The molecular formula is C19H23N3O2. The largest absolute Gasteiger partial charge is 0.440 e. The van der Waals surface area contributed by atoms with Crippen LogP contribution in [0, 0.1) is 0 Å². The number of nitrogens with one attached hydrogen (secondary N) is 1. The van der Waals surface area contributed by atoms with Crippen LogP contribution in [-0.2, 0) is 4.79 Å². The maximum absolute atomic E-state index is 11.4. The third-order valence-corrected chi connectivity index (χ3v) is 5.03. The van der Waals surface area contributed by atoms with Gasteiger partial charge in [-0.15, -0.1) is 0 Å². The molecule has 1 N–H and O–H groups in total. The normalized spacial score (nSPS) is 23.1. The molecule has 0 unspecified atom stereocenters. The molecule has 0 radical (unpaired) electrons. The summed E-state index contributed by atoms with van der Waals surface area (Å²) in [5.74, 6) is 1.66. The summed E-state index contributed by atoms with van der Waals surface area (Å²) in [6.45, 7) is 6.04. The molecule has 1 amide bonds. The minimum absolute atomic E-state index is 0.0761. The van der Waals surface area contributed by atoms with E-state index in [0.29, 0.717) is 6.04 Å². The number of rotatable bonds is 3. The van der Waals surface area contributed by atoms with Crippen LogP contribution in [-0.4, -0.2) is 43.0 Å². The van der Waals surface area contributed by atoms with Crippen molar-refractivity contribution in [2.75, 3.05) is 36.4 Å². The Morgan fingerprint density at radius 1 is 1.08 bits per heavy atom. The van der Waals surface area contributed by atoms with Crippen LogP contribution in [0.2, 0.25) is 0 Å². The van der Waals surface area contributed by atoms with Gasteiger partial charge < -0.3 is 19.5 Å². The average molecular weight is 325 g/mol. The van der Waals surface area contributed by atoms with E-state index in [1.807, 2.05) is 30.3 Å². The molecule has 2 bridgehead atoms. The number of carbonyl (C=O) groups excluding carboxylic acids is 1. The Kier molecular flexibility index (Phi) is 4.02. The van der Waals surface area contributed by atoms with Gasteiger partial charge in [-0.2, -0.15) is 0 Å². The molecule has 3 aliphatic rings. The summed E-state index contributed by atoms with van der Waals surface area (Å²) in [6.07, 6.45) is 2.41. The van der Waals surface area contributed by atoms with Crippen molar-refractivity contribution in [2.45, 2.75) is 25.8 Å². The lowest BCUT2D eigenvalue weighted by Crippen LogP contribution is -2.37. The van der Waals surface area contributed by atoms with Gasteiger partial charge in [0.05, 0.1) is 5.69 Å². The molecule has 0 saturated carbocycles. The lowest BCUT2D eigenvalue weighted by Gasteiger charge is -2.31. The summed E-state index contributed by atoms with van der Waals surface area (Å²) in [7, 11) is 0. The van der Waals surface area contributed by atoms with Crippen molar-refractivity contribution in [3.05, 3.63) is 36.4 Å². The highest BCUT2D eigenvalue weighted by atomic mass is 16.4. The summed E-state index contributed by atoms with van der Waals surface area (Å²) < 4.78 is 6.19. The number of furan rings is 1. The first-order chi connectivity index (χ1) is 11.7. The molecule has 1 aromatic heterocycles. The number of hydrogen-bond acceptors (Lipinski definition) is 4. The van der Waals surface area contributed by atoms with E-state index in [-0.39, 0.29) is 5.91 Å². The zero-order chi connectivity index (χ0) is 16.5. The van der Waals surface area contributed by atoms with Crippen molar-refractivity contribution in [2.24, 2.45) is 0 Å². The third kappa shape index (κ3) is 2.91. The molecule has 0 aliphatic carbocycles. The molecule has 0 atom stereocenters. The molecule has 126 valence electrons. The highest BCUT2D eigenvalue weighted by Crippen LogP contribution is 2.34. The van der Waals surface area contributed by atoms with E-state index in [9.17, 15) is 4.79 Å². The first kappa shape index (κ1) is 15.3. The molecule has 5 nitrogen and oxygen atoms in total. The second-order valence-corrected chi connectivity index (χ2v) is 6.63. The van der Waals surface area contributed by atoms with Crippen LogP contribution < -0.4 is 10.2 Å². The molecule has 2 aromatic rings. The maximum atomic E-state index is 11.4. The number of carbonyl (C=O) groups is 1. The fourth-order valence-electron chi connectivity index (χ4n) is 3.80. The second-order valence-electron chi connectivity index (χ2n) is 6.63. The van der Waals surface area contributed by atoms with Gasteiger partial charge in [-0.1, -0.05) is 12.1 Å². The highest BCUT2D eigenvalue weighted by molar-refractivity contribution is 5.93. The van der Waals surface area contributed by atoms with E-state index in [1.54, 1.807) is 0 Å². The third-order valence-electron chi connectivity index (χ3n) is 5.03. The van der Waals surface area contributed by atoms with Gasteiger partial charge in [0.1, 0.15) is 5.76 Å². The number of fused-ring (bicyclic) bond motifs is 4. The van der Waals surface area contributed by atoms with Gasteiger partial charge >= 0.3 is 0 Å². The molecule has 24 heavy (non-hydrogen) atoms. The van der Waals surface area contributed by atoms with E-state index in [1.165, 1.54) is 32.9 Å². The maximum Gasteiger partial charge on any atom is 0.221 e. The molecule has 0 spiro atoms. The summed E-state index contributed by atoms with van der Waals surface area (Å²) in [4.78, 5) is 16.4. The van der Waals surface area contributed by atoms with Crippen molar-refractivity contribution in [1.82, 2.24) is 4.90 Å². The van der Waals surface area contributed by atoms with E-state index < -0.39 is 0 Å². The monoisotopic (exact) mass is 325 g/mol. The van der Waals surface area contributed by atoms with Crippen LogP contribution in [0.1, 0.15) is 19.8 Å². The van der Waals surface area contributed by atoms with Gasteiger partial charge in [0.15, 0.2) is 5.88 Å². The van der Waals surface area contributed by atoms with Crippen LogP contribution in [0.4, 0.5) is 11.6 Å². The van der Waals surface area contributed by atoms with Crippen LogP contribution in [0.25, 0.3) is 11.3 Å². The number of para-hydroxylation sites is 1. The molecule has 3 saturated heterocycles. The minimum atomic E-state index is -0.0761. The predicted octanol–water partition coefficient (Wildman–Crippen LogP) is 3.19. The van der Waals surface area contributed by atoms with Crippen LogP contribution in [0.3, 0.4) is 0 Å². The Morgan fingerprint density at radius 2 is 1.88 bits per heavy atom. The van der Waals surface area contributed by atoms with Crippen molar-refractivity contribution in [3.63, 3.8) is 0 Å². The quantitative estimate of drug-likeness (QED) is 0.941. The zero-order valence-electron chi connectivity index (χ0n) is 14.0. The van der Waals surface area contributed by atoms with Crippen molar-refractivity contribution < 1.29 is 9.21 Å². The average Bonchev–Trinajstić information content (AvgIpc) is 2.87. The Bertz CT molecular complexity index is 732. The molecule has 4 heterocycles. The first-order valence-electron chi connectivity index (χ1n) is 8.66. The molecule has 5 heteroatoms. The number of amides is 1. The van der Waals surface area contributed by atoms with Gasteiger partial charge in [-0.3, -0.25) is 4.79 Å². The van der Waals surface area contributed by atoms with E-state index >= 15 is 0 Å². The number of benzene rings is 1. The topological polar surface area (TPSA) is 48.7 Å². The first-order valence-corrected chi connectivity index (χ1v) is 8.66. The smallest absolute Gasteiger partial charge is 0.221 e. The summed E-state index contributed by atoms with van der Waals surface area (Å²) in [6, 6.07) is 12.4. The number of hydrogen-bond donors (Lipinski definition) is 1. The molecular weight excluding hydrogens is 302 g/mol. The SMILES string of the molecule is CC(=O)Nc1ccccc1-c1ccc(N2CCN3CCC2CC3)o1. The van der Waals surface area contributed by atoms with E-state index in [0.717, 1.165) is 36.0 Å². The van der Waals surface area contributed by atoms with Crippen molar-refractivity contribution in [1.29, 1.82) is 0 Å². The van der Waals surface area contributed by atoms with Gasteiger partial charge in [-0.05, 0) is 31.0 Å². The Hall–Kier alpha value is -2.27. The summed E-state index contributed by atoms with van der Waals surface area (Å²) in [5.41, 5.74) is 1.70. The fraction of sp³-hybridized carbons (Fsp3) is 0.421. The van der Waals surface area contributed by atoms with E-state index in [2.05, 4.69) is 21.2 Å². The van der Waals surface area contributed by atoms with Gasteiger partial charge in [0.25, 0.3) is 0 Å². The number of nitrogens with zero attached hydrogens (tertiary/aromatic N) is 2. The Morgan fingerprint density at radius 3 is 2.67 bits per heavy atom. The summed E-state index contributed by atoms with van der Waals surface area (Å²) >= 11 is 0. The van der Waals surface area contributed by atoms with Crippen LogP contribution in [0.5, 0.6) is 0 Å². The minimum Gasteiger partial charge on any atom is -0.440 e. The lowest BCUT2D eigenvalue weighted by atomic mass is 10.1. The molecule has 1 aromatic carbocycles. The number of anilines is 2. The van der Waals surface area contributed by atoms with Crippen molar-refractivity contribution in [3.8, 4) is 11.3 Å². The predicted molar refractivity (Wildman–Crippen MR) is 95.3 cm³/mol. The van der Waals surface area contributed by atoms with Crippen molar-refractivity contribution >= 4 is 17.5 Å². The Labute approximate surface area is 142 Å². The van der Waals surface area contributed by atoms with E-state index in [4.69, 9.17) is 4.42 Å². The summed E-state index contributed by atoms with van der Waals surface area (Å²) in [5, 5.41) is 2.88. The highest BCUT2D eigenvalue weighted by Gasteiger charge is 2.30. The van der Waals surface area contributed by atoms with Gasteiger partial charge in [-0.25, -0.2) is 0 Å². The number of piperidine rings is 1. The zero-order valence-corrected chi connectivity index (χ0v) is 14.0. The fourth-order valence-corrected chi connectivity index (χ4v) is 3.80. The standard InChI is InChI=1S/C19H23N3O2/c1-14(23)20-17-5-3-2-4-16(17)18-6-7-19(24-18)22-13-12-21-10-8-15(22)9-11-21/h2-7,15H,8-13H2,1H3,(H,20,23). The molecule has 5 rings (SSSR count). The van der Waals surface area contributed by atoms with Crippen LogP contribution >= 0.6 is 0 Å². The van der Waals surface area contributed by atoms with Crippen LogP contribution in [0.15, 0.2) is 40.8 Å².